The van der Waals surface area contributed by atoms with Gasteiger partial charge in [0, 0.05) is 17.6 Å². The van der Waals surface area contributed by atoms with Gasteiger partial charge in [-0.15, -0.1) is 0 Å². The molecule has 7 heteroatoms. The van der Waals surface area contributed by atoms with Gasteiger partial charge < -0.3 is 15.7 Å². The second kappa shape index (κ2) is 5.33. The van der Waals surface area contributed by atoms with E-state index in [1.54, 1.807) is 23.1 Å². The highest BCUT2D eigenvalue weighted by Crippen LogP contribution is 2.42. The largest absolute Gasteiger partial charge is 0.476 e. The van der Waals surface area contributed by atoms with Crippen molar-refractivity contribution in [1.82, 2.24) is 14.5 Å². The van der Waals surface area contributed by atoms with Gasteiger partial charge in [0.05, 0.1) is 23.0 Å². The van der Waals surface area contributed by atoms with Crippen LogP contribution in [0.1, 0.15) is 72.0 Å². The first kappa shape index (κ1) is 16.6. The van der Waals surface area contributed by atoms with Gasteiger partial charge in [0.15, 0.2) is 5.69 Å². The average molecular weight is 354 g/mol. The number of benzene rings is 1. The molecule has 7 nitrogen and oxygen atoms in total. The minimum atomic E-state index is -1.07. The first-order valence-electron chi connectivity index (χ1n) is 8.77. The molecular weight excluding hydrogens is 332 g/mol. The number of hydrogen-bond acceptors (Lipinski definition) is 4. The van der Waals surface area contributed by atoms with Crippen molar-refractivity contribution in [3.63, 3.8) is 0 Å². The zero-order chi connectivity index (χ0) is 18.8. The Morgan fingerprint density at radius 1 is 1.35 bits per heavy atom. The Labute approximate surface area is 151 Å². The molecule has 0 saturated carbocycles. The van der Waals surface area contributed by atoms with E-state index in [4.69, 9.17) is 5.73 Å². The molecule has 2 aliphatic rings. The summed E-state index contributed by atoms with van der Waals surface area (Å²) in [6, 6.07) is 4.91. The van der Waals surface area contributed by atoms with Crippen molar-refractivity contribution in [3.8, 4) is 5.69 Å². The van der Waals surface area contributed by atoms with Crippen molar-refractivity contribution in [2.24, 2.45) is 0 Å². The molecule has 0 bridgehead atoms. The molecule has 1 fully saturated rings. The summed E-state index contributed by atoms with van der Waals surface area (Å²) in [4.78, 5) is 31.4. The number of carbonyl (C=O) groups excluding carboxylic acids is 1. The van der Waals surface area contributed by atoms with Crippen molar-refractivity contribution >= 4 is 17.6 Å². The highest BCUT2D eigenvalue weighted by Gasteiger charge is 2.42. The van der Waals surface area contributed by atoms with Crippen LogP contribution in [0.25, 0.3) is 5.69 Å². The molecule has 1 saturated heterocycles. The topological polar surface area (TPSA) is 101 Å². The molecule has 1 atom stereocenters. The second-order valence-corrected chi connectivity index (χ2v) is 7.99. The van der Waals surface area contributed by atoms with Crippen LogP contribution in [-0.4, -0.2) is 38.0 Å². The maximum Gasteiger partial charge on any atom is 0.356 e. The van der Waals surface area contributed by atoms with Gasteiger partial charge in [0.2, 0.25) is 0 Å². The lowest BCUT2D eigenvalue weighted by Crippen LogP contribution is -2.30. The number of carboxylic acid groups (broad SMARTS) is 1. The first-order chi connectivity index (χ1) is 12.2. The summed E-state index contributed by atoms with van der Waals surface area (Å²) < 4.78 is 1.88. The minimum Gasteiger partial charge on any atom is -0.476 e. The Balaban J connectivity index is 2.14. The number of imidazole rings is 1. The summed E-state index contributed by atoms with van der Waals surface area (Å²) in [5.74, 6) is -0.533. The number of rotatable bonds is 1. The number of carboxylic acids is 1. The highest BCUT2D eigenvalue weighted by molar-refractivity contribution is 6.00. The predicted molar refractivity (Wildman–Crippen MR) is 96.6 cm³/mol. The van der Waals surface area contributed by atoms with Gasteiger partial charge in [0.1, 0.15) is 5.82 Å². The number of hydrogen-bond donors (Lipinski definition) is 2. The fraction of sp³-hybridized carbons (Fsp3) is 0.421. The molecular formula is C19H22N4O3. The molecule has 0 spiro atoms. The number of aromatic nitrogens is 2. The third-order valence-electron chi connectivity index (χ3n) is 5.11. The monoisotopic (exact) mass is 354 g/mol. The molecule has 2 aromatic rings. The van der Waals surface area contributed by atoms with Gasteiger partial charge in [-0.05, 0) is 31.0 Å². The quantitative estimate of drug-likeness (QED) is 0.767. The van der Waals surface area contributed by atoms with E-state index in [2.05, 4.69) is 4.98 Å². The van der Waals surface area contributed by atoms with E-state index in [1.165, 1.54) is 0 Å². The number of aromatic carboxylic acids is 1. The van der Waals surface area contributed by atoms with Crippen LogP contribution in [0.4, 0.5) is 5.69 Å². The van der Waals surface area contributed by atoms with E-state index in [0.717, 1.165) is 12.8 Å². The molecule has 0 radical (unpaired) electrons. The fourth-order valence-electron chi connectivity index (χ4n) is 4.01. The lowest BCUT2D eigenvalue weighted by atomic mass is 9.95. The molecule has 1 aromatic carbocycles. The van der Waals surface area contributed by atoms with Gasteiger partial charge in [0.25, 0.3) is 5.91 Å². The van der Waals surface area contributed by atoms with E-state index >= 15 is 0 Å². The number of nitrogen functional groups attached to an aromatic ring is 1. The molecule has 3 heterocycles. The Hall–Kier alpha value is -2.83. The number of nitrogens with zero attached hydrogens (tertiary/aromatic N) is 3. The lowest BCUT2D eigenvalue weighted by molar-refractivity contribution is 0.0673. The van der Waals surface area contributed by atoms with E-state index in [-0.39, 0.29) is 17.6 Å². The maximum atomic E-state index is 13.2. The zero-order valence-electron chi connectivity index (χ0n) is 15.1. The molecule has 26 heavy (non-hydrogen) atoms. The van der Waals surface area contributed by atoms with Crippen LogP contribution in [0.2, 0.25) is 0 Å². The molecule has 0 aliphatic carbocycles. The van der Waals surface area contributed by atoms with Crippen molar-refractivity contribution in [1.29, 1.82) is 0 Å². The van der Waals surface area contributed by atoms with Gasteiger partial charge in [-0.2, -0.15) is 0 Å². The summed E-state index contributed by atoms with van der Waals surface area (Å²) in [5.41, 5.74) is 7.83. The Bertz CT molecular complexity index is 939. The molecule has 4 rings (SSSR count). The third-order valence-corrected chi connectivity index (χ3v) is 5.11. The predicted octanol–water partition coefficient (Wildman–Crippen LogP) is 2.74. The van der Waals surface area contributed by atoms with E-state index in [1.807, 2.05) is 25.3 Å². The van der Waals surface area contributed by atoms with Crippen molar-refractivity contribution < 1.29 is 14.7 Å². The van der Waals surface area contributed by atoms with Gasteiger partial charge in [-0.25, -0.2) is 9.78 Å². The van der Waals surface area contributed by atoms with Crippen molar-refractivity contribution in [2.75, 3.05) is 12.3 Å². The molecule has 1 amide bonds. The van der Waals surface area contributed by atoms with E-state index in [0.29, 0.717) is 35.0 Å². The lowest BCUT2D eigenvalue weighted by Gasteiger charge is -2.23. The molecule has 0 unspecified atom stereocenters. The van der Waals surface area contributed by atoms with Crippen LogP contribution < -0.4 is 5.73 Å². The summed E-state index contributed by atoms with van der Waals surface area (Å²) in [6.45, 7) is 6.58. The Kier molecular flexibility index (Phi) is 3.41. The number of fused-ring (bicyclic) bond motifs is 5. The van der Waals surface area contributed by atoms with Gasteiger partial charge in [-0.1, -0.05) is 20.8 Å². The standard InChI is InChI=1S/C19H22N4O3/c1-19(2,3)18-21-14(17(25)26)15-13-5-4-8-22(13)16(24)11-9-10(20)6-7-12(11)23(15)18/h6-7,9,13H,4-5,8,20H2,1-3H3,(H,25,26)/t13-/m0/s1. The number of carbonyl (C=O) groups is 2. The van der Waals surface area contributed by atoms with Crippen LogP contribution in [0, 0.1) is 0 Å². The summed E-state index contributed by atoms with van der Waals surface area (Å²) in [5, 5.41) is 9.79. The fourth-order valence-corrected chi connectivity index (χ4v) is 4.01. The summed E-state index contributed by atoms with van der Waals surface area (Å²) >= 11 is 0. The van der Waals surface area contributed by atoms with Gasteiger partial charge >= 0.3 is 5.97 Å². The first-order valence-corrected chi connectivity index (χ1v) is 8.77. The van der Waals surface area contributed by atoms with Gasteiger partial charge in [-0.3, -0.25) is 9.36 Å². The smallest absolute Gasteiger partial charge is 0.356 e. The van der Waals surface area contributed by atoms with Crippen LogP contribution in [0.15, 0.2) is 18.2 Å². The number of nitrogens with two attached hydrogens (primary N) is 1. The normalized spacial score (nSPS) is 19.0. The minimum absolute atomic E-state index is 0.0318. The molecule has 2 aliphatic heterocycles. The van der Waals surface area contributed by atoms with Crippen LogP contribution in [-0.2, 0) is 5.41 Å². The molecule has 3 N–H and O–H groups in total. The summed E-state index contributed by atoms with van der Waals surface area (Å²) in [6.07, 6.45) is 1.56. The van der Waals surface area contributed by atoms with Crippen LogP contribution >= 0.6 is 0 Å². The number of anilines is 1. The Morgan fingerprint density at radius 3 is 2.73 bits per heavy atom. The second-order valence-electron chi connectivity index (χ2n) is 7.99. The average Bonchev–Trinajstić information content (AvgIpc) is 3.15. The summed E-state index contributed by atoms with van der Waals surface area (Å²) in [7, 11) is 0. The van der Waals surface area contributed by atoms with Crippen LogP contribution in [0.3, 0.4) is 0 Å². The third kappa shape index (κ3) is 2.23. The zero-order valence-corrected chi connectivity index (χ0v) is 15.1. The van der Waals surface area contributed by atoms with Crippen LogP contribution in [0.5, 0.6) is 0 Å². The SMILES string of the molecule is CC(C)(C)c1nc(C(=O)O)c2n1-c1ccc(N)cc1C(=O)N1CCC[C@@H]21. The highest BCUT2D eigenvalue weighted by atomic mass is 16.4. The Morgan fingerprint density at radius 2 is 2.08 bits per heavy atom. The maximum absolute atomic E-state index is 13.2. The molecule has 1 aromatic heterocycles. The van der Waals surface area contributed by atoms with E-state index in [9.17, 15) is 14.7 Å². The van der Waals surface area contributed by atoms with Crippen molar-refractivity contribution in [3.05, 3.63) is 41.0 Å². The van der Waals surface area contributed by atoms with Crippen molar-refractivity contribution in [2.45, 2.75) is 45.1 Å². The molecule has 136 valence electrons. The number of amides is 1. The van der Waals surface area contributed by atoms with E-state index < -0.39 is 11.4 Å².